The van der Waals surface area contributed by atoms with Crippen LogP contribution in [-0.4, -0.2) is 109 Å². The monoisotopic (exact) mass is 610 g/mol. The van der Waals surface area contributed by atoms with Gasteiger partial charge in [0.25, 0.3) is 0 Å². The topological polar surface area (TPSA) is 138 Å². The van der Waals surface area contributed by atoms with E-state index in [1.54, 1.807) is 7.11 Å². The number of piperazine rings is 1. The first-order chi connectivity index (χ1) is 20.8. The van der Waals surface area contributed by atoms with Gasteiger partial charge in [-0.3, -0.25) is 9.69 Å². The highest BCUT2D eigenvalue weighted by molar-refractivity contribution is 6.32. The lowest BCUT2D eigenvalue weighted by Crippen LogP contribution is -2.50. The van der Waals surface area contributed by atoms with Crippen LogP contribution in [0.4, 0.5) is 22.2 Å². The van der Waals surface area contributed by atoms with Gasteiger partial charge in [0.1, 0.15) is 16.9 Å². The zero-order valence-corrected chi connectivity index (χ0v) is 25.3. The van der Waals surface area contributed by atoms with Crippen LogP contribution in [0.1, 0.15) is 17.5 Å². The van der Waals surface area contributed by atoms with Crippen LogP contribution in [0.3, 0.4) is 0 Å². The van der Waals surface area contributed by atoms with E-state index >= 15 is 0 Å². The van der Waals surface area contributed by atoms with Crippen molar-refractivity contribution in [3.05, 3.63) is 46.6 Å². The number of fused-ring (bicyclic) bond motifs is 3. The molecule has 0 radical (unpaired) electrons. The number of nitrogens with zero attached hydrogens (tertiary/aromatic N) is 5. The maximum Gasteiger partial charge on any atom is 0.404 e. The number of primary amides is 1. The van der Waals surface area contributed by atoms with E-state index in [9.17, 15) is 9.59 Å². The number of carbonyl (C=O) groups excluding carboxylic acids is 2. The Labute approximate surface area is 256 Å². The Kier molecular flexibility index (Phi) is 8.60. The molecule has 1 saturated heterocycles. The summed E-state index contributed by atoms with van der Waals surface area (Å²) in [7, 11) is 3.73. The van der Waals surface area contributed by atoms with Gasteiger partial charge in [-0.2, -0.15) is 4.98 Å². The zero-order chi connectivity index (χ0) is 30.1. The van der Waals surface area contributed by atoms with Crippen LogP contribution < -0.4 is 21.1 Å². The molecule has 2 aromatic rings. The van der Waals surface area contributed by atoms with E-state index in [0.29, 0.717) is 29.1 Å². The molecule has 13 heteroatoms. The molecular formula is C30H39ClN8O4. The number of rotatable bonds is 8. The van der Waals surface area contributed by atoms with Gasteiger partial charge in [-0.25, -0.2) is 9.78 Å². The number of benzene rings is 1. The van der Waals surface area contributed by atoms with Gasteiger partial charge in [-0.05, 0) is 49.6 Å². The molecule has 2 fully saturated rings. The second-order valence-corrected chi connectivity index (χ2v) is 12.2. The molecule has 1 aromatic heterocycles. The minimum absolute atomic E-state index is 0.109. The molecule has 2 bridgehead atoms. The van der Waals surface area contributed by atoms with Crippen molar-refractivity contribution in [2.45, 2.75) is 31.4 Å². The first-order valence-electron chi connectivity index (χ1n) is 14.9. The molecule has 12 nitrogen and oxygen atoms in total. The number of anilines is 3. The van der Waals surface area contributed by atoms with E-state index in [1.165, 1.54) is 17.3 Å². The first-order valence-corrected chi connectivity index (χ1v) is 15.2. The average Bonchev–Trinajstić information content (AvgIpc) is 3.53. The zero-order valence-electron chi connectivity index (χ0n) is 24.6. The van der Waals surface area contributed by atoms with Gasteiger partial charge >= 0.3 is 6.09 Å². The Hall–Kier alpha value is -3.61. The summed E-state index contributed by atoms with van der Waals surface area (Å²) in [6.45, 7) is 5.49. The molecule has 3 heterocycles. The van der Waals surface area contributed by atoms with E-state index in [-0.39, 0.29) is 23.8 Å². The van der Waals surface area contributed by atoms with Crippen molar-refractivity contribution in [1.29, 1.82) is 0 Å². The molecule has 4 aliphatic rings. The second-order valence-electron chi connectivity index (χ2n) is 11.8. The van der Waals surface area contributed by atoms with E-state index in [1.807, 2.05) is 4.90 Å². The number of likely N-dealkylation sites (N-methyl/N-ethyl adjacent to an activating group) is 1. The Bertz CT molecular complexity index is 1400. The number of methoxy groups -OCH3 is 1. The number of aromatic nitrogens is 2. The van der Waals surface area contributed by atoms with E-state index < -0.39 is 12.2 Å². The third kappa shape index (κ3) is 6.51. The maximum absolute atomic E-state index is 13.0. The van der Waals surface area contributed by atoms with Crippen LogP contribution in [0, 0.1) is 11.8 Å². The molecule has 43 heavy (non-hydrogen) atoms. The van der Waals surface area contributed by atoms with Crippen molar-refractivity contribution in [2.24, 2.45) is 17.6 Å². The summed E-state index contributed by atoms with van der Waals surface area (Å²) in [5.41, 5.74) is 8.49. The molecule has 1 aromatic carbocycles. The predicted octanol–water partition coefficient (Wildman–Crippen LogP) is 2.51. The predicted molar refractivity (Wildman–Crippen MR) is 164 cm³/mol. The van der Waals surface area contributed by atoms with Crippen LogP contribution in [0.5, 0.6) is 5.75 Å². The Morgan fingerprint density at radius 3 is 2.51 bits per heavy atom. The van der Waals surface area contributed by atoms with E-state index in [2.05, 4.69) is 61.7 Å². The number of ether oxygens (including phenoxy) is 2. The van der Waals surface area contributed by atoms with Gasteiger partial charge in [0, 0.05) is 51.1 Å². The number of halogens is 1. The van der Waals surface area contributed by atoms with Crippen LogP contribution in [0.15, 0.2) is 30.5 Å². The van der Waals surface area contributed by atoms with Gasteiger partial charge in [0.05, 0.1) is 31.6 Å². The smallest absolute Gasteiger partial charge is 0.404 e. The molecule has 230 valence electrons. The van der Waals surface area contributed by atoms with Crippen LogP contribution in [0.25, 0.3) is 0 Å². The molecule has 0 spiro atoms. The second kappa shape index (κ2) is 12.6. The van der Waals surface area contributed by atoms with Crippen LogP contribution >= 0.6 is 11.6 Å². The van der Waals surface area contributed by atoms with Crippen molar-refractivity contribution in [2.75, 3.05) is 70.6 Å². The number of nitrogens with one attached hydrogen (secondary N) is 2. The Morgan fingerprint density at radius 2 is 1.79 bits per heavy atom. The Morgan fingerprint density at radius 1 is 1.07 bits per heavy atom. The van der Waals surface area contributed by atoms with Gasteiger partial charge in [-0.1, -0.05) is 23.8 Å². The molecular weight excluding hydrogens is 572 g/mol. The van der Waals surface area contributed by atoms with Crippen molar-refractivity contribution < 1.29 is 19.1 Å². The van der Waals surface area contributed by atoms with Crippen molar-refractivity contribution >= 4 is 41.1 Å². The molecule has 2 aliphatic heterocycles. The molecule has 4 atom stereocenters. The lowest BCUT2D eigenvalue weighted by molar-refractivity contribution is -0.134. The lowest BCUT2D eigenvalue weighted by Gasteiger charge is -2.33. The molecule has 2 aliphatic carbocycles. The first kappa shape index (κ1) is 29.5. The highest BCUT2D eigenvalue weighted by atomic mass is 35.5. The molecule has 0 unspecified atom stereocenters. The molecule has 1 saturated carbocycles. The summed E-state index contributed by atoms with van der Waals surface area (Å²) in [4.78, 5) is 40.0. The maximum atomic E-state index is 13.0. The summed E-state index contributed by atoms with van der Waals surface area (Å²) in [5, 5.41) is 7.05. The number of carbonyl (C=O) groups is 2. The lowest BCUT2D eigenvalue weighted by atomic mass is 9.98. The number of amides is 2. The molecule has 2 amide bonds. The fourth-order valence-electron chi connectivity index (χ4n) is 6.64. The number of hydrogen-bond acceptors (Lipinski definition) is 10. The van der Waals surface area contributed by atoms with Crippen LogP contribution in [0.2, 0.25) is 5.02 Å². The fraction of sp³-hybridized carbons (Fsp3) is 0.533. The Balaban J connectivity index is 1.14. The van der Waals surface area contributed by atoms with Gasteiger partial charge in [0.15, 0.2) is 5.82 Å². The normalized spacial score (nSPS) is 25.2. The number of hydrogen-bond donors (Lipinski definition) is 3. The quantitative estimate of drug-likeness (QED) is 0.382. The summed E-state index contributed by atoms with van der Waals surface area (Å²) >= 11 is 6.49. The molecule has 6 rings (SSSR count). The van der Waals surface area contributed by atoms with Crippen molar-refractivity contribution in [1.82, 2.24) is 24.7 Å². The third-order valence-corrected chi connectivity index (χ3v) is 9.34. The van der Waals surface area contributed by atoms with Crippen molar-refractivity contribution in [3.8, 4) is 5.75 Å². The third-order valence-electron chi connectivity index (χ3n) is 9.06. The molecule has 4 N–H and O–H groups in total. The fourth-order valence-corrected chi connectivity index (χ4v) is 6.79. The average molecular weight is 611 g/mol. The minimum Gasteiger partial charge on any atom is -0.495 e. The van der Waals surface area contributed by atoms with Gasteiger partial charge in [0.2, 0.25) is 11.9 Å². The summed E-state index contributed by atoms with van der Waals surface area (Å²) in [5.74, 6) is 1.97. The number of nitrogens with two attached hydrogens (primary N) is 1. The van der Waals surface area contributed by atoms with Gasteiger partial charge < -0.3 is 35.6 Å². The summed E-state index contributed by atoms with van der Waals surface area (Å²) < 4.78 is 11.2. The van der Waals surface area contributed by atoms with E-state index in [0.717, 1.165) is 64.2 Å². The highest BCUT2D eigenvalue weighted by Crippen LogP contribution is 2.43. The summed E-state index contributed by atoms with van der Waals surface area (Å²) in [6, 6.07) is 3.95. The van der Waals surface area contributed by atoms with Crippen molar-refractivity contribution in [3.63, 3.8) is 0 Å². The standard InChI is InChI=1S/C30H39ClN8O4/c1-37-9-11-39(12-10-37)25(40)17-38-7-5-18-14-23(24(42-2)15-19(18)6-8-38)34-30-33-16-22(31)28(36-30)35-26-20-3-4-21(13-20)27(26)43-29(32)41/h3-4,14-16,20-21,26-27H,5-13,17H2,1-2H3,(H2,32,41)(H2,33,34,35,36)/t20-,21+,26+,27-/m0/s1. The van der Waals surface area contributed by atoms with E-state index in [4.69, 9.17) is 26.8 Å². The summed E-state index contributed by atoms with van der Waals surface area (Å²) in [6.07, 6.45) is 7.07. The van der Waals surface area contributed by atoms with Gasteiger partial charge in [-0.15, -0.1) is 0 Å². The SMILES string of the molecule is COc1cc2c(cc1Nc1ncc(Cl)c(N[C@H]3[C@@H](OC(N)=O)[C@@H]4C=C[C@H]3C4)n1)CCN(CC(=O)N1CCN(C)CC1)CC2. The van der Waals surface area contributed by atoms with Crippen LogP contribution in [-0.2, 0) is 22.4 Å². The largest absolute Gasteiger partial charge is 0.495 e. The highest BCUT2D eigenvalue weighted by Gasteiger charge is 2.47. The minimum atomic E-state index is -0.797.